The summed E-state index contributed by atoms with van der Waals surface area (Å²) in [5, 5.41) is 13.0. The molecule has 10 heteroatoms. The molecule has 7 nitrogen and oxygen atoms in total. The maximum Gasteiger partial charge on any atom is 0.406 e. The summed E-state index contributed by atoms with van der Waals surface area (Å²) >= 11 is 0. The largest absolute Gasteiger partial charge is 0.480 e. The number of hydrogen-bond acceptors (Lipinski definition) is 3. The van der Waals surface area contributed by atoms with Crippen LogP contribution in [0.2, 0.25) is 0 Å². The van der Waals surface area contributed by atoms with Crippen LogP contribution in [0.25, 0.3) is 0 Å². The molecule has 0 rings (SSSR count). The second-order valence-corrected chi connectivity index (χ2v) is 4.99. The van der Waals surface area contributed by atoms with Crippen molar-refractivity contribution in [2.75, 3.05) is 26.7 Å². The summed E-state index contributed by atoms with van der Waals surface area (Å²) in [6.07, 6.45) is -4.72. The van der Waals surface area contributed by atoms with Gasteiger partial charge in [0.2, 0.25) is 5.91 Å². The van der Waals surface area contributed by atoms with E-state index in [1.807, 2.05) is 0 Å². The van der Waals surface area contributed by atoms with Crippen molar-refractivity contribution in [2.45, 2.75) is 20.0 Å². The van der Waals surface area contributed by atoms with Gasteiger partial charge in [0.1, 0.15) is 13.1 Å². The summed E-state index contributed by atoms with van der Waals surface area (Å²) in [5.41, 5.74) is -1.04. The molecule has 0 fully saturated rings. The molecule has 0 aliphatic rings. The molecule has 0 aromatic heterocycles. The number of carboxylic acid groups (broad SMARTS) is 1. The minimum absolute atomic E-state index is 0.113. The van der Waals surface area contributed by atoms with E-state index in [1.54, 1.807) is 0 Å². The Balaban J connectivity index is 4.75. The number of amides is 3. The molecular formula is C11H18F3N3O4. The highest BCUT2D eigenvalue weighted by molar-refractivity contribution is 5.83. The zero-order valence-corrected chi connectivity index (χ0v) is 11.9. The molecule has 0 aromatic carbocycles. The van der Waals surface area contributed by atoms with E-state index in [-0.39, 0.29) is 11.4 Å². The van der Waals surface area contributed by atoms with E-state index in [1.165, 1.54) is 20.9 Å². The minimum atomic E-state index is -4.72. The highest BCUT2D eigenvalue weighted by Crippen LogP contribution is 2.17. The number of nitrogens with one attached hydrogen (secondary N) is 2. The van der Waals surface area contributed by atoms with Gasteiger partial charge < -0.3 is 20.6 Å². The lowest BCUT2D eigenvalue weighted by Crippen LogP contribution is -2.51. The first-order valence-corrected chi connectivity index (χ1v) is 5.92. The SMILES string of the molecule is CNC(=O)C(C)(C)CNC(=O)N(CC(=O)O)CC(F)(F)F. The molecule has 0 saturated carbocycles. The van der Waals surface area contributed by atoms with Crippen molar-refractivity contribution in [1.29, 1.82) is 0 Å². The summed E-state index contributed by atoms with van der Waals surface area (Å²) in [6.45, 7) is -0.0500. The third-order valence-electron chi connectivity index (χ3n) is 2.51. The zero-order chi connectivity index (χ0) is 16.8. The Morgan fingerprint density at radius 2 is 1.71 bits per heavy atom. The normalized spacial score (nSPS) is 11.7. The molecule has 0 aromatic rings. The first kappa shape index (κ1) is 19.0. The van der Waals surface area contributed by atoms with Crippen molar-refractivity contribution in [1.82, 2.24) is 15.5 Å². The number of carboxylic acids is 1. The van der Waals surface area contributed by atoms with Gasteiger partial charge in [0.05, 0.1) is 5.41 Å². The quantitative estimate of drug-likeness (QED) is 0.662. The maximum absolute atomic E-state index is 12.3. The highest BCUT2D eigenvalue weighted by atomic mass is 19.4. The second-order valence-electron chi connectivity index (χ2n) is 4.99. The number of hydrogen-bond donors (Lipinski definition) is 3. The summed E-state index contributed by atoms with van der Waals surface area (Å²) in [4.78, 5) is 33.7. The Bertz CT molecular complexity index is 410. The fourth-order valence-electron chi connectivity index (χ4n) is 1.41. The van der Waals surface area contributed by atoms with Gasteiger partial charge in [0.25, 0.3) is 0 Å². The van der Waals surface area contributed by atoms with Crippen LogP contribution >= 0.6 is 0 Å². The predicted molar refractivity (Wildman–Crippen MR) is 66.5 cm³/mol. The van der Waals surface area contributed by atoms with Crippen LogP contribution in [-0.2, 0) is 9.59 Å². The number of urea groups is 1. The molecule has 122 valence electrons. The molecule has 21 heavy (non-hydrogen) atoms. The van der Waals surface area contributed by atoms with Gasteiger partial charge in [-0.15, -0.1) is 0 Å². The molecular weight excluding hydrogens is 295 g/mol. The van der Waals surface area contributed by atoms with Crippen molar-refractivity contribution in [3.05, 3.63) is 0 Å². The lowest BCUT2D eigenvalue weighted by atomic mass is 9.92. The molecule has 0 atom stereocenters. The number of rotatable bonds is 6. The summed E-state index contributed by atoms with van der Waals surface area (Å²) in [6, 6.07) is -1.20. The van der Waals surface area contributed by atoms with E-state index < -0.39 is 42.6 Å². The Kier molecular flexibility index (Phi) is 6.46. The molecule has 0 aliphatic heterocycles. The first-order chi connectivity index (χ1) is 9.39. The molecule has 0 heterocycles. The standard InChI is InChI=1S/C11H18F3N3O4/c1-10(2,8(20)15-3)5-16-9(21)17(4-7(18)19)6-11(12,13)14/h4-6H2,1-3H3,(H,15,20)(H,16,21)(H,18,19). The molecule has 0 unspecified atom stereocenters. The van der Waals surface area contributed by atoms with Gasteiger partial charge in [-0.3, -0.25) is 9.59 Å². The number of carbonyl (C=O) groups excluding carboxylic acids is 2. The lowest BCUT2D eigenvalue weighted by molar-refractivity contribution is -0.149. The van der Waals surface area contributed by atoms with Crippen LogP contribution < -0.4 is 10.6 Å². The van der Waals surface area contributed by atoms with Gasteiger partial charge in [-0.1, -0.05) is 0 Å². The Morgan fingerprint density at radius 1 is 1.19 bits per heavy atom. The van der Waals surface area contributed by atoms with Crippen molar-refractivity contribution in [3.63, 3.8) is 0 Å². The van der Waals surface area contributed by atoms with Crippen LogP contribution in [0.4, 0.5) is 18.0 Å². The molecule has 0 radical (unpaired) electrons. The number of carbonyl (C=O) groups is 3. The number of nitrogens with zero attached hydrogens (tertiary/aromatic N) is 1. The molecule has 0 bridgehead atoms. The van der Waals surface area contributed by atoms with Gasteiger partial charge >= 0.3 is 18.2 Å². The van der Waals surface area contributed by atoms with Crippen LogP contribution in [0.5, 0.6) is 0 Å². The van der Waals surface area contributed by atoms with Gasteiger partial charge in [0.15, 0.2) is 0 Å². The minimum Gasteiger partial charge on any atom is -0.480 e. The van der Waals surface area contributed by atoms with Crippen molar-refractivity contribution >= 4 is 17.9 Å². The van der Waals surface area contributed by atoms with Crippen LogP contribution in [0, 0.1) is 5.41 Å². The highest BCUT2D eigenvalue weighted by Gasteiger charge is 2.35. The van der Waals surface area contributed by atoms with Crippen molar-refractivity contribution in [2.24, 2.45) is 5.41 Å². The Morgan fingerprint density at radius 3 is 2.10 bits per heavy atom. The monoisotopic (exact) mass is 313 g/mol. The van der Waals surface area contributed by atoms with Gasteiger partial charge in [-0.05, 0) is 13.8 Å². The molecule has 3 amide bonds. The van der Waals surface area contributed by atoms with E-state index >= 15 is 0 Å². The first-order valence-electron chi connectivity index (χ1n) is 5.92. The predicted octanol–water partition coefficient (Wildman–Crippen LogP) is 0.417. The average Bonchev–Trinajstić information content (AvgIpc) is 2.31. The zero-order valence-electron chi connectivity index (χ0n) is 11.9. The number of halogens is 3. The van der Waals surface area contributed by atoms with Crippen LogP contribution in [0.15, 0.2) is 0 Å². The topological polar surface area (TPSA) is 98.7 Å². The fourth-order valence-corrected chi connectivity index (χ4v) is 1.41. The maximum atomic E-state index is 12.3. The molecule has 0 spiro atoms. The van der Waals surface area contributed by atoms with E-state index in [4.69, 9.17) is 5.11 Å². The summed E-state index contributed by atoms with van der Waals surface area (Å²) in [7, 11) is 1.38. The van der Waals surface area contributed by atoms with Crippen LogP contribution in [-0.4, -0.2) is 60.8 Å². The van der Waals surface area contributed by atoms with Gasteiger partial charge in [-0.2, -0.15) is 13.2 Å². The number of aliphatic carboxylic acids is 1. The van der Waals surface area contributed by atoms with E-state index in [0.717, 1.165) is 0 Å². The third kappa shape index (κ3) is 7.37. The van der Waals surface area contributed by atoms with Gasteiger partial charge in [-0.25, -0.2) is 4.79 Å². The van der Waals surface area contributed by atoms with E-state index in [9.17, 15) is 27.6 Å². The molecule has 0 aliphatic carbocycles. The van der Waals surface area contributed by atoms with Gasteiger partial charge in [0, 0.05) is 13.6 Å². The Labute approximate surface area is 119 Å². The number of alkyl halides is 3. The fraction of sp³-hybridized carbons (Fsp3) is 0.727. The van der Waals surface area contributed by atoms with E-state index in [0.29, 0.717) is 0 Å². The second kappa shape index (κ2) is 7.14. The summed E-state index contributed by atoms with van der Waals surface area (Å²) < 4.78 is 36.9. The average molecular weight is 313 g/mol. The summed E-state index contributed by atoms with van der Waals surface area (Å²) in [5.74, 6) is -1.98. The molecule has 0 saturated heterocycles. The lowest BCUT2D eigenvalue weighted by Gasteiger charge is -2.26. The van der Waals surface area contributed by atoms with Crippen molar-refractivity contribution in [3.8, 4) is 0 Å². The van der Waals surface area contributed by atoms with Crippen LogP contribution in [0.3, 0.4) is 0 Å². The third-order valence-corrected chi connectivity index (χ3v) is 2.51. The van der Waals surface area contributed by atoms with Crippen molar-refractivity contribution < 1.29 is 32.7 Å². The smallest absolute Gasteiger partial charge is 0.406 e. The van der Waals surface area contributed by atoms with E-state index in [2.05, 4.69) is 10.6 Å². The molecule has 3 N–H and O–H groups in total. The van der Waals surface area contributed by atoms with Crippen LogP contribution in [0.1, 0.15) is 13.8 Å². The Hall–Kier alpha value is -2.00.